The highest BCUT2D eigenvalue weighted by Crippen LogP contribution is 2.17. The summed E-state index contributed by atoms with van der Waals surface area (Å²) in [5, 5.41) is 2.90. The molecule has 0 fully saturated rings. The van der Waals surface area contributed by atoms with Crippen LogP contribution in [0.3, 0.4) is 0 Å². The van der Waals surface area contributed by atoms with E-state index in [1.54, 1.807) is 31.2 Å². The monoisotopic (exact) mass is 374 g/mol. The third-order valence-corrected chi connectivity index (χ3v) is 6.10. The zero-order chi connectivity index (χ0) is 19.2. The van der Waals surface area contributed by atoms with Crippen molar-refractivity contribution in [2.75, 3.05) is 23.7 Å². The standard InChI is InChI=1S/C20H26N2O3S/c1-4-26(24,25)22(3)19-13-11-18(12-14-19)20(23)21-15-5-6-17-9-7-16(2)8-10-17/h7-14H,4-6,15H2,1-3H3,(H,21,23). The molecule has 0 radical (unpaired) electrons. The lowest BCUT2D eigenvalue weighted by atomic mass is 10.1. The van der Waals surface area contributed by atoms with Crippen molar-refractivity contribution in [3.05, 3.63) is 65.2 Å². The predicted octanol–water partition coefficient (Wildman–Crippen LogP) is 3.14. The van der Waals surface area contributed by atoms with Crippen LogP contribution in [-0.2, 0) is 16.4 Å². The Balaban J connectivity index is 1.85. The number of hydrogen-bond acceptors (Lipinski definition) is 3. The van der Waals surface area contributed by atoms with Crippen molar-refractivity contribution in [1.82, 2.24) is 5.32 Å². The molecule has 2 aromatic rings. The number of hydrogen-bond donors (Lipinski definition) is 1. The molecule has 0 saturated carbocycles. The summed E-state index contributed by atoms with van der Waals surface area (Å²) >= 11 is 0. The van der Waals surface area contributed by atoms with Crippen LogP contribution in [0.1, 0.15) is 34.8 Å². The zero-order valence-corrected chi connectivity index (χ0v) is 16.3. The van der Waals surface area contributed by atoms with E-state index in [4.69, 9.17) is 0 Å². The molecule has 2 aromatic carbocycles. The topological polar surface area (TPSA) is 66.5 Å². The Morgan fingerprint density at radius 1 is 1.04 bits per heavy atom. The fourth-order valence-electron chi connectivity index (χ4n) is 2.53. The van der Waals surface area contributed by atoms with Gasteiger partial charge in [0.15, 0.2) is 0 Å². The zero-order valence-electron chi connectivity index (χ0n) is 15.5. The first-order valence-electron chi connectivity index (χ1n) is 8.74. The summed E-state index contributed by atoms with van der Waals surface area (Å²) in [5.41, 5.74) is 3.56. The molecule has 0 bridgehead atoms. The molecule has 0 saturated heterocycles. The van der Waals surface area contributed by atoms with E-state index in [1.807, 2.05) is 0 Å². The second-order valence-electron chi connectivity index (χ2n) is 6.26. The second-order valence-corrected chi connectivity index (χ2v) is 8.55. The lowest BCUT2D eigenvalue weighted by Crippen LogP contribution is -2.28. The van der Waals surface area contributed by atoms with E-state index in [9.17, 15) is 13.2 Å². The Morgan fingerprint density at radius 3 is 2.23 bits per heavy atom. The summed E-state index contributed by atoms with van der Waals surface area (Å²) in [7, 11) is -1.79. The summed E-state index contributed by atoms with van der Waals surface area (Å²) in [4.78, 5) is 12.2. The number of rotatable bonds is 8. The first-order valence-corrected chi connectivity index (χ1v) is 10.3. The molecule has 140 valence electrons. The van der Waals surface area contributed by atoms with Crippen LogP contribution in [0.5, 0.6) is 0 Å². The van der Waals surface area contributed by atoms with Gasteiger partial charge in [0.05, 0.1) is 11.4 Å². The number of nitrogens with zero attached hydrogens (tertiary/aromatic N) is 1. The minimum absolute atomic E-state index is 0.0344. The first-order chi connectivity index (χ1) is 12.3. The third-order valence-electron chi connectivity index (χ3n) is 4.32. The van der Waals surface area contributed by atoms with Gasteiger partial charge in [-0.25, -0.2) is 8.42 Å². The number of sulfonamides is 1. The van der Waals surface area contributed by atoms with Gasteiger partial charge in [-0.3, -0.25) is 9.10 Å². The first kappa shape index (κ1) is 20.0. The molecule has 0 spiro atoms. The van der Waals surface area contributed by atoms with Crippen molar-refractivity contribution >= 4 is 21.6 Å². The number of carbonyl (C=O) groups excluding carboxylic acids is 1. The van der Waals surface area contributed by atoms with Gasteiger partial charge >= 0.3 is 0 Å². The number of anilines is 1. The van der Waals surface area contributed by atoms with Crippen molar-refractivity contribution in [3.8, 4) is 0 Å². The number of aryl methyl sites for hydroxylation is 2. The number of benzene rings is 2. The van der Waals surface area contributed by atoms with Crippen LogP contribution in [0.15, 0.2) is 48.5 Å². The normalized spacial score (nSPS) is 11.2. The molecule has 0 unspecified atom stereocenters. The average molecular weight is 375 g/mol. The molecule has 1 amide bonds. The van der Waals surface area contributed by atoms with Crippen LogP contribution < -0.4 is 9.62 Å². The van der Waals surface area contributed by atoms with E-state index in [1.165, 1.54) is 22.5 Å². The Kier molecular flexibility index (Phi) is 6.80. The molecule has 0 aliphatic heterocycles. The van der Waals surface area contributed by atoms with Crippen LogP contribution in [0.4, 0.5) is 5.69 Å². The summed E-state index contributed by atoms with van der Waals surface area (Å²) in [6, 6.07) is 15.0. The van der Waals surface area contributed by atoms with Gasteiger partial charge in [-0.15, -0.1) is 0 Å². The molecular formula is C20H26N2O3S. The van der Waals surface area contributed by atoms with Crippen molar-refractivity contribution in [1.29, 1.82) is 0 Å². The quantitative estimate of drug-likeness (QED) is 0.722. The van der Waals surface area contributed by atoms with E-state index < -0.39 is 10.0 Å². The van der Waals surface area contributed by atoms with Gasteiger partial charge in [0, 0.05) is 19.2 Å². The fraction of sp³-hybridized carbons (Fsp3) is 0.350. The third kappa shape index (κ3) is 5.33. The van der Waals surface area contributed by atoms with Gasteiger partial charge in [0.2, 0.25) is 10.0 Å². The van der Waals surface area contributed by atoms with Crippen LogP contribution in [-0.4, -0.2) is 33.7 Å². The molecule has 6 heteroatoms. The molecule has 0 aliphatic rings. The molecule has 0 aliphatic carbocycles. The van der Waals surface area contributed by atoms with Crippen molar-refractivity contribution in [2.45, 2.75) is 26.7 Å². The van der Waals surface area contributed by atoms with Gasteiger partial charge < -0.3 is 5.32 Å². The van der Waals surface area contributed by atoms with E-state index >= 15 is 0 Å². The Morgan fingerprint density at radius 2 is 1.65 bits per heavy atom. The molecule has 5 nitrogen and oxygen atoms in total. The lowest BCUT2D eigenvalue weighted by Gasteiger charge is -2.18. The van der Waals surface area contributed by atoms with Crippen LogP contribution in [0.2, 0.25) is 0 Å². The van der Waals surface area contributed by atoms with Gasteiger partial charge in [0.25, 0.3) is 5.91 Å². The minimum Gasteiger partial charge on any atom is -0.352 e. The molecule has 26 heavy (non-hydrogen) atoms. The van der Waals surface area contributed by atoms with Gasteiger partial charge in [-0.2, -0.15) is 0 Å². The van der Waals surface area contributed by atoms with Gasteiger partial charge in [-0.05, 0) is 56.5 Å². The molecule has 0 heterocycles. The van der Waals surface area contributed by atoms with Crippen LogP contribution in [0, 0.1) is 6.92 Å². The van der Waals surface area contributed by atoms with Gasteiger partial charge in [0.1, 0.15) is 0 Å². The van der Waals surface area contributed by atoms with Crippen molar-refractivity contribution < 1.29 is 13.2 Å². The van der Waals surface area contributed by atoms with Crippen LogP contribution >= 0.6 is 0 Å². The van der Waals surface area contributed by atoms with E-state index in [0.717, 1.165) is 12.8 Å². The highest BCUT2D eigenvalue weighted by Gasteiger charge is 2.16. The number of amides is 1. The average Bonchev–Trinajstić information content (AvgIpc) is 2.66. The summed E-state index contributed by atoms with van der Waals surface area (Å²) in [6.07, 6.45) is 1.78. The largest absolute Gasteiger partial charge is 0.352 e. The second kappa shape index (κ2) is 8.85. The molecule has 2 rings (SSSR count). The summed E-state index contributed by atoms with van der Waals surface area (Å²) in [6.45, 7) is 4.26. The maximum Gasteiger partial charge on any atom is 0.251 e. The summed E-state index contributed by atoms with van der Waals surface area (Å²) in [5.74, 6) is -0.117. The molecule has 0 atom stereocenters. The van der Waals surface area contributed by atoms with Gasteiger partial charge in [-0.1, -0.05) is 29.8 Å². The minimum atomic E-state index is -3.30. The molecule has 1 N–H and O–H groups in total. The van der Waals surface area contributed by atoms with Crippen LogP contribution in [0.25, 0.3) is 0 Å². The maximum absolute atomic E-state index is 12.2. The number of carbonyl (C=O) groups is 1. The van der Waals surface area contributed by atoms with E-state index in [0.29, 0.717) is 17.8 Å². The lowest BCUT2D eigenvalue weighted by molar-refractivity contribution is 0.0953. The SMILES string of the molecule is CCS(=O)(=O)N(C)c1ccc(C(=O)NCCCc2ccc(C)cc2)cc1. The highest BCUT2D eigenvalue weighted by atomic mass is 32.2. The number of nitrogens with one attached hydrogen (secondary N) is 1. The Bertz CT molecular complexity index is 828. The van der Waals surface area contributed by atoms with E-state index in [2.05, 4.69) is 36.5 Å². The maximum atomic E-state index is 12.2. The smallest absolute Gasteiger partial charge is 0.251 e. The fourth-order valence-corrected chi connectivity index (χ4v) is 3.36. The molecule has 0 aromatic heterocycles. The highest BCUT2D eigenvalue weighted by molar-refractivity contribution is 7.92. The Labute approximate surface area is 156 Å². The van der Waals surface area contributed by atoms with E-state index in [-0.39, 0.29) is 11.7 Å². The predicted molar refractivity (Wildman–Crippen MR) is 106 cm³/mol. The Hall–Kier alpha value is -2.34. The molecular weight excluding hydrogens is 348 g/mol. The summed E-state index contributed by atoms with van der Waals surface area (Å²) < 4.78 is 25.0. The van der Waals surface area contributed by atoms with Crippen molar-refractivity contribution in [3.63, 3.8) is 0 Å². The van der Waals surface area contributed by atoms with Crippen molar-refractivity contribution in [2.24, 2.45) is 0 Å².